The molecule has 1 unspecified atom stereocenters. The van der Waals surface area contributed by atoms with Crippen LogP contribution in [0.2, 0.25) is 5.02 Å². The summed E-state index contributed by atoms with van der Waals surface area (Å²) in [6.07, 6.45) is 9.23. The number of nitrogens with one attached hydrogen (secondary N) is 2. The van der Waals surface area contributed by atoms with E-state index in [-0.39, 0.29) is 18.0 Å². The van der Waals surface area contributed by atoms with Crippen molar-refractivity contribution in [1.82, 2.24) is 25.2 Å². The van der Waals surface area contributed by atoms with Crippen molar-refractivity contribution in [1.29, 1.82) is 0 Å². The van der Waals surface area contributed by atoms with Gasteiger partial charge in [-0.25, -0.2) is 4.98 Å². The Balaban J connectivity index is 1.21. The molecule has 1 fully saturated rings. The number of halogens is 1. The fraction of sp³-hybridized carbons (Fsp3) is 0.367. The van der Waals surface area contributed by atoms with E-state index in [0.29, 0.717) is 16.6 Å². The Morgan fingerprint density at radius 1 is 1.00 bits per heavy atom. The molecule has 0 spiro atoms. The number of aromatic nitrogens is 3. The Hall–Kier alpha value is -3.22. The molecule has 2 aliphatic carbocycles. The van der Waals surface area contributed by atoms with E-state index in [9.17, 15) is 4.79 Å². The minimum Gasteiger partial charge on any atom is -0.349 e. The molecule has 2 aromatic carbocycles. The highest BCUT2D eigenvalue weighted by Gasteiger charge is 2.35. The van der Waals surface area contributed by atoms with Gasteiger partial charge in [0.05, 0.1) is 39.9 Å². The zero-order valence-corrected chi connectivity index (χ0v) is 21.6. The van der Waals surface area contributed by atoms with Crippen molar-refractivity contribution in [2.75, 3.05) is 0 Å². The molecule has 4 aromatic rings. The maximum absolute atomic E-state index is 12.8. The van der Waals surface area contributed by atoms with Gasteiger partial charge in [0.2, 0.25) is 0 Å². The van der Waals surface area contributed by atoms with Crippen LogP contribution in [0.15, 0.2) is 66.9 Å². The van der Waals surface area contributed by atoms with E-state index < -0.39 is 0 Å². The number of imidazole rings is 1. The number of hydrogen-bond donors (Lipinski definition) is 2. The number of pyridine rings is 1. The third-order valence-corrected chi connectivity index (χ3v) is 8.29. The van der Waals surface area contributed by atoms with Gasteiger partial charge in [-0.3, -0.25) is 14.7 Å². The lowest BCUT2D eigenvalue weighted by atomic mass is 9.85. The summed E-state index contributed by atoms with van der Waals surface area (Å²) in [4.78, 5) is 28.8. The second-order valence-electron chi connectivity index (χ2n) is 10.3. The third-order valence-electron chi connectivity index (χ3n) is 7.96. The summed E-state index contributed by atoms with van der Waals surface area (Å²) in [5.74, 6) is 0.914. The average Bonchev–Trinajstić information content (AvgIpc) is 3.35. The number of H-pyrrole nitrogens is 1. The lowest BCUT2D eigenvalue weighted by Gasteiger charge is -2.42. The molecular weight excluding hydrogens is 482 g/mol. The van der Waals surface area contributed by atoms with Crippen molar-refractivity contribution in [2.24, 2.45) is 0 Å². The van der Waals surface area contributed by atoms with Crippen molar-refractivity contribution in [3.63, 3.8) is 0 Å². The van der Waals surface area contributed by atoms with E-state index in [1.165, 1.54) is 17.7 Å². The SMILES string of the molecule is O=C(NC1CCC(N(Cc2nc3ccccc3[nH]2)C2CCCc3cccnc32)CC1)c1ccccc1Cl. The van der Waals surface area contributed by atoms with E-state index in [4.69, 9.17) is 21.6 Å². The first-order valence-corrected chi connectivity index (χ1v) is 13.7. The minimum atomic E-state index is -0.0846. The van der Waals surface area contributed by atoms with Gasteiger partial charge in [0.15, 0.2) is 0 Å². The van der Waals surface area contributed by atoms with Gasteiger partial charge in [-0.05, 0) is 80.8 Å². The van der Waals surface area contributed by atoms with Crippen LogP contribution in [0.4, 0.5) is 0 Å². The smallest absolute Gasteiger partial charge is 0.253 e. The fourth-order valence-corrected chi connectivity index (χ4v) is 6.34. The van der Waals surface area contributed by atoms with Crippen LogP contribution in [0.3, 0.4) is 0 Å². The van der Waals surface area contributed by atoms with Gasteiger partial charge in [0, 0.05) is 18.3 Å². The van der Waals surface area contributed by atoms with E-state index in [2.05, 4.69) is 39.5 Å². The highest BCUT2D eigenvalue weighted by molar-refractivity contribution is 6.33. The van der Waals surface area contributed by atoms with Gasteiger partial charge in [-0.15, -0.1) is 0 Å². The molecule has 6 nitrogen and oxygen atoms in total. The summed E-state index contributed by atoms with van der Waals surface area (Å²) in [7, 11) is 0. The molecule has 190 valence electrons. The number of para-hydroxylation sites is 2. The Bertz CT molecular complexity index is 1360. The van der Waals surface area contributed by atoms with Crippen LogP contribution in [0.25, 0.3) is 11.0 Å². The standard InChI is InChI=1S/C30H32ClN5O/c31-24-10-2-1-9-23(24)30(37)33-21-14-16-22(17-15-21)36(19-28-34-25-11-3-4-12-26(25)35-28)27-13-5-7-20-8-6-18-32-29(20)27/h1-4,6,8-12,18,21-22,27H,5,7,13-17,19H2,(H,33,37)(H,34,35). The number of hydrogen-bond acceptors (Lipinski definition) is 4. The fourth-order valence-electron chi connectivity index (χ4n) is 6.12. The molecule has 1 saturated carbocycles. The molecule has 1 amide bonds. The molecule has 0 radical (unpaired) electrons. The van der Waals surface area contributed by atoms with Gasteiger partial charge in [0.1, 0.15) is 5.82 Å². The molecule has 2 heterocycles. The lowest BCUT2D eigenvalue weighted by molar-refractivity contribution is 0.0696. The van der Waals surface area contributed by atoms with Gasteiger partial charge in [0.25, 0.3) is 5.91 Å². The number of carbonyl (C=O) groups excluding carboxylic acids is 1. The lowest BCUT2D eigenvalue weighted by Crippen LogP contribution is -2.45. The van der Waals surface area contributed by atoms with Gasteiger partial charge >= 0.3 is 0 Å². The predicted octanol–water partition coefficient (Wildman–Crippen LogP) is 6.23. The summed E-state index contributed by atoms with van der Waals surface area (Å²) in [5.41, 5.74) is 5.21. The first-order chi connectivity index (χ1) is 18.2. The van der Waals surface area contributed by atoms with Gasteiger partial charge in [-0.1, -0.05) is 41.9 Å². The summed E-state index contributed by atoms with van der Waals surface area (Å²) >= 11 is 6.25. The topological polar surface area (TPSA) is 73.9 Å². The summed E-state index contributed by atoms with van der Waals surface area (Å²) in [6, 6.07) is 20.6. The number of carbonyl (C=O) groups is 1. The van der Waals surface area contributed by atoms with Crippen molar-refractivity contribution >= 4 is 28.5 Å². The monoisotopic (exact) mass is 513 g/mol. The van der Waals surface area contributed by atoms with E-state index in [1.54, 1.807) is 12.1 Å². The summed E-state index contributed by atoms with van der Waals surface area (Å²) in [5, 5.41) is 3.72. The highest BCUT2D eigenvalue weighted by atomic mass is 35.5. The third kappa shape index (κ3) is 5.13. The first kappa shape index (κ1) is 24.1. The molecule has 1 atom stereocenters. The Morgan fingerprint density at radius 2 is 1.81 bits per heavy atom. The molecule has 2 N–H and O–H groups in total. The Morgan fingerprint density at radius 3 is 2.65 bits per heavy atom. The number of benzene rings is 2. The van der Waals surface area contributed by atoms with Crippen molar-refractivity contribution in [3.8, 4) is 0 Å². The van der Waals surface area contributed by atoms with Crippen molar-refractivity contribution in [3.05, 3.63) is 94.5 Å². The molecule has 0 saturated heterocycles. The Kier molecular flexibility index (Phi) is 6.94. The van der Waals surface area contributed by atoms with Crippen LogP contribution >= 0.6 is 11.6 Å². The normalized spacial score (nSPS) is 21.6. The largest absolute Gasteiger partial charge is 0.349 e. The van der Waals surface area contributed by atoms with Gasteiger partial charge < -0.3 is 10.3 Å². The van der Waals surface area contributed by atoms with Gasteiger partial charge in [-0.2, -0.15) is 0 Å². The number of aromatic amines is 1. The number of amides is 1. The number of aryl methyl sites for hydroxylation is 1. The van der Waals surface area contributed by atoms with E-state index in [0.717, 1.165) is 61.9 Å². The zero-order chi connectivity index (χ0) is 25.2. The average molecular weight is 514 g/mol. The quantitative estimate of drug-likeness (QED) is 0.320. The van der Waals surface area contributed by atoms with Crippen LogP contribution in [-0.4, -0.2) is 37.8 Å². The van der Waals surface area contributed by atoms with Crippen LogP contribution in [-0.2, 0) is 13.0 Å². The Labute approximate surface area is 222 Å². The van der Waals surface area contributed by atoms with Crippen LogP contribution in [0.5, 0.6) is 0 Å². The van der Waals surface area contributed by atoms with E-state index >= 15 is 0 Å². The summed E-state index contributed by atoms with van der Waals surface area (Å²) in [6.45, 7) is 0.761. The zero-order valence-electron chi connectivity index (χ0n) is 20.9. The molecule has 7 heteroatoms. The molecule has 0 bridgehead atoms. The predicted molar refractivity (Wildman–Crippen MR) is 147 cm³/mol. The maximum Gasteiger partial charge on any atom is 0.253 e. The van der Waals surface area contributed by atoms with Crippen LogP contribution in [0.1, 0.15) is 72.0 Å². The van der Waals surface area contributed by atoms with Crippen LogP contribution < -0.4 is 5.32 Å². The molecular formula is C30H32ClN5O. The molecule has 2 aliphatic rings. The summed E-state index contributed by atoms with van der Waals surface area (Å²) < 4.78 is 0. The highest BCUT2D eigenvalue weighted by Crippen LogP contribution is 2.38. The first-order valence-electron chi connectivity index (χ1n) is 13.3. The van der Waals surface area contributed by atoms with Crippen molar-refractivity contribution < 1.29 is 4.79 Å². The molecule has 6 rings (SSSR count). The molecule has 37 heavy (non-hydrogen) atoms. The van der Waals surface area contributed by atoms with Crippen molar-refractivity contribution in [2.45, 2.75) is 69.6 Å². The maximum atomic E-state index is 12.8. The second-order valence-corrected chi connectivity index (χ2v) is 10.7. The number of rotatable bonds is 6. The minimum absolute atomic E-state index is 0.0846. The molecule has 0 aliphatic heterocycles. The number of fused-ring (bicyclic) bond motifs is 2. The second kappa shape index (κ2) is 10.6. The molecule has 2 aromatic heterocycles. The number of nitrogens with zero attached hydrogens (tertiary/aromatic N) is 3. The van der Waals surface area contributed by atoms with E-state index in [1.807, 2.05) is 30.5 Å². The van der Waals surface area contributed by atoms with Crippen LogP contribution in [0, 0.1) is 0 Å².